The fourth-order valence-corrected chi connectivity index (χ4v) is 3.15. The number of rotatable bonds is 4. The summed E-state index contributed by atoms with van der Waals surface area (Å²) >= 11 is 0. The zero-order chi connectivity index (χ0) is 16.4. The topological polar surface area (TPSA) is 63.1 Å². The van der Waals surface area contributed by atoms with Gasteiger partial charge in [0.05, 0.1) is 11.8 Å². The molecule has 124 valence electrons. The van der Waals surface area contributed by atoms with Crippen molar-refractivity contribution in [3.05, 3.63) is 24.0 Å². The van der Waals surface area contributed by atoms with Crippen LogP contribution in [0.25, 0.3) is 11.0 Å². The zero-order valence-electron chi connectivity index (χ0n) is 14.1. The number of carbonyl (C=O) groups is 1. The quantitative estimate of drug-likeness (QED) is 0.936. The Morgan fingerprint density at radius 2 is 2.26 bits per heavy atom. The van der Waals surface area contributed by atoms with Crippen LogP contribution < -0.4 is 5.32 Å². The zero-order valence-corrected chi connectivity index (χ0v) is 14.1. The summed E-state index contributed by atoms with van der Waals surface area (Å²) < 4.78 is 1.91. The molecule has 6 heteroatoms. The minimum atomic E-state index is 0.0657. The van der Waals surface area contributed by atoms with Gasteiger partial charge < -0.3 is 10.2 Å². The van der Waals surface area contributed by atoms with Gasteiger partial charge in [0.15, 0.2) is 5.65 Å². The van der Waals surface area contributed by atoms with E-state index in [2.05, 4.69) is 29.2 Å². The van der Waals surface area contributed by atoms with Gasteiger partial charge in [0, 0.05) is 37.3 Å². The lowest BCUT2D eigenvalue weighted by atomic mass is 10.0. The van der Waals surface area contributed by atoms with Crippen LogP contribution in [0.2, 0.25) is 0 Å². The summed E-state index contributed by atoms with van der Waals surface area (Å²) in [5, 5.41) is 8.59. The van der Waals surface area contributed by atoms with Crippen LogP contribution in [-0.4, -0.2) is 51.8 Å². The number of amides is 1. The first-order valence-corrected chi connectivity index (χ1v) is 8.36. The highest BCUT2D eigenvalue weighted by Gasteiger charge is 2.24. The van der Waals surface area contributed by atoms with E-state index >= 15 is 0 Å². The molecule has 1 fully saturated rings. The van der Waals surface area contributed by atoms with Gasteiger partial charge in [-0.15, -0.1) is 0 Å². The maximum absolute atomic E-state index is 12.7. The normalized spacial score (nSPS) is 18.8. The van der Waals surface area contributed by atoms with Gasteiger partial charge >= 0.3 is 0 Å². The van der Waals surface area contributed by atoms with Gasteiger partial charge in [0.25, 0.3) is 5.91 Å². The van der Waals surface area contributed by atoms with Gasteiger partial charge in [0.2, 0.25) is 0 Å². The van der Waals surface area contributed by atoms with E-state index in [1.807, 2.05) is 22.7 Å². The highest BCUT2D eigenvalue weighted by molar-refractivity contribution is 5.96. The summed E-state index contributed by atoms with van der Waals surface area (Å²) in [6.45, 7) is 6.72. The summed E-state index contributed by atoms with van der Waals surface area (Å²) in [6, 6.07) is 2.30. The molecular formula is C17H25N5O. The summed E-state index contributed by atoms with van der Waals surface area (Å²) in [5.74, 6) is 0.573. The summed E-state index contributed by atoms with van der Waals surface area (Å²) in [4.78, 5) is 19.1. The lowest BCUT2D eigenvalue weighted by molar-refractivity contribution is 0.0698. The summed E-state index contributed by atoms with van der Waals surface area (Å²) in [5.41, 5.74) is 1.50. The van der Waals surface area contributed by atoms with Crippen molar-refractivity contribution in [2.75, 3.05) is 20.1 Å². The standard InChI is InChI=1S/C17H25N5O/c1-12(2)10-22-16-13(9-20-22)7-14(8-19-16)17(23)21-6-4-5-15(11-21)18-3/h7-9,12,15,18H,4-6,10-11H2,1-3H3. The maximum atomic E-state index is 12.7. The van der Waals surface area contributed by atoms with E-state index in [0.717, 1.165) is 43.5 Å². The van der Waals surface area contributed by atoms with Crippen molar-refractivity contribution in [2.45, 2.75) is 39.3 Å². The molecule has 2 aromatic heterocycles. The van der Waals surface area contributed by atoms with Crippen LogP contribution in [0.1, 0.15) is 37.0 Å². The van der Waals surface area contributed by atoms with Crippen LogP contribution in [0.15, 0.2) is 18.5 Å². The molecule has 6 nitrogen and oxygen atoms in total. The number of nitrogens with one attached hydrogen (secondary N) is 1. The second-order valence-electron chi connectivity index (χ2n) is 6.74. The van der Waals surface area contributed by atoms with E-state index in [1.54, 1.807) is 12.4 Å². The highest BCUT2D eigenvalue weighted by atomic mass is 16.2. The predicted octanol–water partition coefficient (Wildman–Crippen LogP) is 1.91. The largest absolute Gasteiger partial charge is 0.337 e. The molecule has 2 aromatic rings. The van der Waals surface area contributed by atoms with Crippen molar-refractivity contribution in [1.29, 1.82) is 0 Å². The molecule has 23 heavy (non-hydrogen) atoms. The van der Waals surface area contributed by atoms with Crippen molar-refractivity contribution < 1.29 is 4.79 Å². The molecule has 0 spiro atoms. The molecule has 3 rings (SSSR count). The number of carbonyl (C=O) groups excluding carboxylic acids is 1. The fraction of sp³-hybridized carbons (Fsp3) is 0.588. The van der Waals surface area contributed by atoms with Gasteiger partial charge in [0.1, 0.15) is 0 Å². The average molecular weight is 315 g/mol. The van der Waals surface area contributed by atoms with Crippen molar-refractivity contribution in [3.8, 4) is 0 Å². The Morgan fingerprint density at radius 1 is 1.43 bits per heavy atom. The lowest BCUT2D eigenvalue weighted by Gasteiger charge is -2.32. The number of piperidine rings is 1. The molecule has 1 aliphatic heterocycles. The third-order valence-electron chi connectivity index (χ3n) is 4.38. The van der Waals surface area contributed by atoms with E-state index in [-0.39, 0.29) is 5.91 Å². The number of hydrogen-bond acceptors (Lipinski definition) is 4. The van der Waals surface area contributed by atoms with Crippen LogP contribution in [-0.2, 0) is 6.54 Å². The van der Waals surface area contributed by atoms with Crippen molar-refractivity contribution >= 4 is 16.9 Å². The van der Waals surface area contributed by atoms with Crippen LogP contribution in [0.4, 0.5) is 0 Å². The first kappa shape index (κ1) is 15.9. The lowest BCUT2D eigenvalue weighted by Crippen LogP contribution is -2.46. The smallest absolute Gasteiger partial charge is 0.255 e. The molecule has 1 unspecified atom stereocenters. The number of likely N-dealkylation sites (tertiary alicyclic amines) is 1. The molecule has 0 aliphatic carbocycles. The Kier molecular flexibility index (Phi) is 4.61. The SMILES string of the molecule is CNC1CCCN(C(=O)c2cnc3c(cnn3CC(C)C)c2)C1. The Morgan fingerprint density at radius 3 is 3.00 bits per heavy atom. The molecule has 1 atom stereocenters. The Balaban J connectivity index is 1.81. The fourth-order valence-electron chi connectivity index (χ4n) is 3.15. The monoisotopic (exact) mass is 315 g/mol. The molecule has 0 bridgehead atoms. The van der Waals surface area contributed by atoms with E-state index in [9.17, 15) is 4.79 Å². The Hall–Kier alpha value is -1.95. The first-order chi connectivity index (χ1) is 11.1. The molecule has 1 saturated heterocycles. The number of nitrogens with zero attached hydrogens (tertiary/aromatic N) is 4. The van der Waals surface area contributed by atoms with Gasteiger partial charge in [-0.05, 0) is 31.9 Å². The third kappa shape index (κ3) is 3.37. The number of aromatic nitrogens is 3. The number of fused-ring (bicyclic) bond motifs is 1. The first-order valence-electron chi connectivity index (χ1n) is 8.36. The van der Waals surface area contributed by atoms with Gasteiger partial charge in [-0.3, -0.25) is 4.79 Å². The molecule has 1 aliphatic rings. The van der Waals surface area contributed by atoms with Gasteiger partial charge in [-0.25, -0.2) is 9.67 Å². The summed E-state index contributed by atoms with van der Waals surface area (Å²) in [7, 11) is 1.95. The molecule has 1 amide bonds. The molecule has 0 saturated carbocycles. The van der Waals surface area contributed by atoms with Gasteiger partial charge in [-0.2, -0.15) is 5.10 Å². The molecular weight excluding hydrogens is 290 g/mol. The average Bonchev–Trinajstić information content (AvgIpc) is 2.95. The van der Waals surface area contributed by atoms with Crippen molar-refractivity contribution in [1.82, 2.24) is 25.0 Å². The predicted molar refractivity (Wildman–Crippen MR) is 90.4 cm³/mol. The Bertz CT molecular complexity index is 693. The molecule has 0 aromatic carbocycles. The maximum Gasteiger partial charge on any atom is 0.255 e. The number of likely N-dealkylation sites (N-methyl/N-ethyl adjacent to an activating group) is 1. The van der Waals surface area contributed by atoms with Crippen LogP contribution in [0.3, 0.4) is 0 Å². The third-order valence-corrected chi connectivity index (χ3v) is 4.38. The highest BCUT2D eigenvalue weighted by Crippen LogP contribution is 2.18. The van der Waals surface area contributed by atoms with Crippen LogP contribution in [0, 0.1) is 5.92 Å². The second kappa shape index (κ2) is 6.66. The van der Waals surface area contributed by atoms with E-state index in [0.29, 0.717) is 17.5 Å². The molecule has 0 radical (unpaired) electrons. The van der Waals surface area contributed by atoms with Crippen molar-refractivity contribution in [3.63, 3.8) is 0 Å². The van der Waals surface area contributed by atoms with Crippen molar-refractivity contribution in [2.24, 2.45) is 5.92 Å². The number of hydrogen-bond donors (Lipinski definition) is 1. The minimum absolute atomic E-state index is 0.0657. The minimum Gasteiger partial charge on any atom is -0.337 e. The van der Waals surface area contributed by atoms with E-state index in [1.165, 1.54) is 0 Å². The molecule has 3 heterocycles. The van der Waals surface area contributed by atoms with Gasteiger partial charge in [-0.1, -0.05) is 13.8 Å². The van der Waals surface area contributed by atoms with Crippen LogP contribution >= 0.6 is 0 Å². The summed E-state index contributed by atoms with van der Waals surface area (Å²) in [6.07, 6.45) is 5.65. The second-order valence-corrected chi connectivity index (χ2v) is 6.74. The van der Waals surface area contributed by atoms with Crippen LogP contribution in [0.5, 0.6) is 0 Å². The molecule has 1 N–H and O–H groups in total. The van der Waals surface area contributed by atoms with E-state index < -0.39 is 0 Å². The number of pyridine rings is 1. The van der Waals surface area contributed by atoms with E-state index in [4.69, 9.17) is 0 Å². The Labute approximate surface area is 136 Å².